The molecule has 0 saturated heterocycles. The van der Waals surface area contributed by atoms with Crippen LogP contribution in [0.2, 0.25) is 10.0 Å². The lowest BCUT2D eigenvalue weighted by Gasteiger charge is -2.13. The fourth-order valence-corrected chi connectivity index (χ4v) is 2.67. The van der Waals surface area contributed by atoms with Gasteiger partial charge in [0.05, 0.1) is 5.02 Å². The maximum absolute atomic E-state index is 13.5. The lowest BCUT2D eigenvalue weighted by Crippen LogP contribution is -2.01. The quantitative estimate of drug-likeness (QED) is 0.613. The third-order valence-electron chi connectivity index (χ3n) is 2.62. The van der Waals surface area contributed by atoms with Gasteiger partial charge in [0.15, 0.2) is 0 Å². The monoisotopic (exact) mass is 380 g/mol. The minimum Gasteiger partial charge on any atom is -0.487 e. The number of hydrogen-bond donors (Lipinski definition) is 0. The van der Waals surface area contributed by atoms with Gasteiger partial charge in [-0.2, -0.15) is 0 Å². The summed E-state index contributed by atoms with van der Waals surface area (Å²) >= 11 is 15.3. The molecule has 0 aliphatic heterocycles. The maximum atomic E-state index is 13.5. The second-order valence-corrected chi connectivity index (χ2v) is 5.44. The van der Waals surface area contributed by atoms with Crippen LogP contribution in [0, 0.1) is 11.6 Å². The van der Waals surface area contributed by atoms with Crippen LogP contribution in [0.5, 0.6) is 5.75 Å². The van der Waals surface area contributed by atoms with Gasteiger partial charge in [-0.05, 0) is 24.3 Å². The van der Waals surface area contributed by atoms with Crippen LogP contribution in [0.3, 0.4) is 0 Å². The van der Waals surface area contributed by atoms with Gasteiger partial charge in [0, 0.05) is 27.5 Å². The standard InChI is InChI=1S/C14H9BrCl2F2O/c15-6-9-3-10(16)4-12(17)14(9)20-7-8-1-2-11(18)5-13(8)19/h1-5H,6-7H2. The Morgan fingerprint density at radius 3 is 2.45 bits per heavy atom. The normalized spacial score (nSPS) is 10.7. The van der Waals surface area contributed by atoms with Crippen molar-refractivity contribution >= 4 is 39.1 Å². The summed E-state index contributed by atoms with van der Waals surface area (Å²) in [5.74, 6) is -0.857. The summed E-state index contributed by atoms with van der Waals surface area (Å²) in [6.07, 6.45) is 0. The fraction of sp³-hybridized carbons (Fsp3) is 0.143. The number of halogens is 5. The topological polar surface area (TPSA) is 9.23 Å². The number of hydrogen-bond acceptors (Lipinski definition) is 1. The molecular formula is C14H9BrCl2F2O. The second kappa shape index (κ2) is 6.74. The Bertz CT molecular complexity index is 635. The summed E-state index contributed by atoms with van der Waals surface area (Å²) in [4.78, 5) is 0. The highest BCUT2D eigenvalue weighted by Crippen LogP contribution is 2.34. The summed E-state index contributed by atoms with van der Waals surface area (Å²) in [6, 6.07) is 6.58. The number of alkyl halides is 1. The third kappa shape index (κ3) is 3.62. The summed E-state index contributed by atoms with van der Waals surface area (Å²) in [5, 5.41) is 1.33. The predicted octanol–water partition coefficient (Wildman–Crippen LogP) is 5.75. The molecule has 0 saturated carbocycles. The molecule has 20 heavy (non-hydrogen) atoms. The van der Waals surface area contributed by atoms with Gasteiger partial charge >= 0.3 is 0 Å². The number of rotatable bonds is 4. The number of ether oxygens (including phenoxy) is 1. The van der Waals surface area contributed by atoms with Crippen LogP contribution in [0.4, 0.5) is 8.78 Å². The molecule has 0 spiro atoms. The van der Waals surface area contributed by atoms with E-state index in [1.54, 1.807) is 12.1 Å². The highest BCUT2D eigenvalue weighted by Gasteiger charge is 2.12. The molecule has 0 aliphatic rings. The smallest absolute Gasteiger partial charge is 0.142 e. The van der Waals surface area contributed by atoms with E-state index in [0.717, 1.165) is 11.6 Å². The molecule has 106 valence electrons. The van der Waals surface area contributed by atoms with Crippen LogP contribution >= 0.6 is 39.1 Å². The Balaban J connectivity index is 2.22. The van der Waals surface area contributed by atoms with E-state index in [9.17, 15) is 8.78 Å². The van der Waals surface area contributed by atoms with Crippen LogP contribution in [-0.4, -0.2) is 0 Å². The molecule has 0 unspecified atom stereocenters. The molecule has 1 nitrogen and oxygen atoms in total. The Kier molecular flexibility index (Phi) is 5.24. The molecule has 0 fully saturated rings. The van der Waals surface area contributed by atoms with E-state index in [1.807, 2.05) is 0 Å². The molecule has 2 rings (SSSR count). The fourth-order valence-electron chi connectivity index (χ4n) is 1.66. The molecule has 0 radical (unpaired) electrons. The average molecular weight is 382 g/mol. The molecule has 0 aliphatic carbocycles. The molecule has 0 N–H and O–H groups in total. The van der Waals surface area contributed by atoms with Crippen LogP contribution in [0.25, 0.3) is 0 Å². The highest BCUT2D eigenvalue weighted by atomic mass is 79.9. The van der Waals surface area contributed by atoms with Gasteiger partial charge in [-0.1, -0.05) is 39.1 Å². The van der Waals surface area contributed by atoms with Gasteiger partial charge in [-0.15, -0.1) is 0 Å². The predicted molar refractivity (Wildman–Crippen MR) is 79.8 cm³/mol. The van der Waals surface area contributed by atoms with Crippen molar-refractivity contribution in [1.82, 2.24) is 0 Å². The van der Waals surface area contributed by atoms with Gasteiger partial charge in [0.1, 0.15) is 24.0 Å². The van der Waals surface area contributed by atoms with Gasteiger partial charge in [0.2, 0.25) is 0 Å². The Hall–Kier alpha value is -0.840. The SMILES string of the molecule is Fc1ccc(COc2c(Cl)cc(Cl)cc2CBr)c(F)c1. The zero-order valence-electron chi connectivity index (χ0n) is 10.1. The molecule has 6 heteroatoms. The third-order valence-corrected chi connectivity index (χ3v) is 3.72. The van der Waals surface area contributed by atoms with Crippen molar-refractivity contribution in [3.05, 3.63) is 63.1 Å². The second-order valence-electron chi connectivity index (χ2n) is 4.03. The van der Waals surface area contributed by atoms with E-state index in [2.05, 4.69) is 15.9 Å². The van der Waals surface area contributed by atoms with Crippen molar-refractivity contribution in [3.63, 3.8) is 0 Å². The molecule has 2 aromatic carbocycles. The van der Waals surface area contributed by atoms with Crippen molar-refractivity contribution in [2.24, 2.45) is 0 Å². The van der Waals surface area contributed by atoms with E-state index < -0.39 is 11.6 Å². The van der Waals surface area contributed by atoms with E-state index in [4.69, 9.17) is 27.9 Å². The van der Waals surface area contributed by atoms with E-state index in [1.165, 1.54) is 12.1 Å². The van der Waals surface area contributed by atoms with Crippen molar-refractivity contribution in [3.8, 4) is 5.75 Å². The van der Waals surface area contributed by atoms with Crippen LogP contribution in [0.15, 0.2) is 30.3 Å². The molecule has 0 aromatic heterocycles. The Morgan fingerprint density at radius 1 is 1.05 bits per heavy atom. The first-order valence-electron chi connectivity index (χ1n) is 5.62. The lowest BCUT2D eigenvalue weighted by atomic mass is 10.2. The van der Waals surface area contributed by atoms with Crippen molar-refractivity contribution in [1.29, 1.82) is 0 Å². The molecule has 0 amide bonds. The van der Waals surface area contributed by atoms with Crippen LogP contribution in [-0.2, 0) is 11.9 Å². The van der Waals surface area contributed by atoms with Crippen molar-refractivity contribution in [2.45, 2.75) is 11.9 Å². The first kappa shape index (κ1) is 15.5. The van der Waals surface area contributed by atoms with Gasteiger partial charge < -0.3 is 4.74 Å². The Morgan fingerprint density at radius 2 is 1.80 bits per heavy atom. The van der Waals surface area contributed by atoms with Gasteiger partial charge in [-0.3, -0.25) is 0 Å². The molecule has 0 atom stereocenters. The first-order valence-corrected chi connectivity index (χ1v) is 7.49. The van der Waals surface area contributed by atoms with Gasteiger partial charge in [0.25, 0.3) is 0 Å². The molecule has 2 aromatic rings. The summed E-state index contributed by atoms with van der Waals surface area (Å²) in [7, 11) is 0. The first-order chi connectivity index (χ1) is 9.51. The molecule has 0 bridgehead atoms. The van der Waals surface area contributed by atoms with E-state index in [-0.39, 0.29) is 12.2 Å². The van der Waals surface area contributed by atoms with Crippen molar-refractivity contribution in [2.75, 3.05) is 0 Å². The minimum absolute atomic E-state index is 0.0481. The lowest BCUT2D eigenvalue weighted by molar-refractivity contribution is 0.297. The van der Waals surface area contributed by atoms with Gasteiger partial charge in [-0.25, -0.2) is 8.78 Å². The largest absolute Gasteiger partial charge is 0.487 e. The van der Waals surface area contributed by atoms with Crippen LogP contribution in [0.1, 0.15) is 11.1 Å². The summed E-state index contributed by atoms with van der Waals surface area (Å²) in [6.45, 7) is -0.0481. The molecule has 0 heterocycles. The summed E-state index contributed by atoms with van der Waals surface area (Å²) < 4.78 is 31.9. The zero-order valence-corrected chi connectivity index (χ0v) is 13.2. The maximum Gasteiger partial charge on any atom is 0.142 e. The van der Waals surface area contributed by atoms with Crippen molar-refractivity contribution < 1.29 is 13.5 Å². The highest BCUT2D eigenvalue weighted by molar-refractivity contribution is 9.08. The van der Waals surface area contributed by atoms with E-state index in [0.29, 0.717) is 21.1 Å². The minimum atomic E-state index is -0.657. The average Bonchev–Trinajstić information content (AvgIpc) is 2.38. The van der Waals surface area contributed by atoms with Crippen LogP contribution < -0.4 is 4.74 Å². The summed E-state index contributed by atoms with van der Waals surface area (Å²) in [5.41, 5.74) is 1.00. The number of benzene rings is 2. The zero-order chi connectivity index (χ0) is 14.7. The van der Waals surface area contributed by atoms with E-state index >= 15 is 0 Å². The molecular weight excluding hydrogens is 373 g/mol. The Labute approximate surface area is 133 Å².